The van der Waals surface area contributed by atoms with Crippen molar-refractivity contribution in [3.8, 4) is 27.4 Å². The quantitative estimate of drug-likeness (QED) is 0.0578. The van der Waals surface area contributed by atoms with Gasteiger partial charge in [-0.2, -0.15) is 5.10 Å². The summed E-state index contributed by atoms with van der Waals surface area (Å²) in [5, 5.41) is 29.6. The molecule has 5 N–H and O–H groups in total. The molecule has 3 aromatic carbocycles. The van der Waals surface area contributed by atoms with E-state index >= 15 is 0 Å². The molecule has 79 heavy (non-hydrogen) atoms. The number of β-amino-alcohol motifs (C(OH)–C–C–N with tert-alkyl or cyclic N) is 1. The van der Waals surface area contributed by atoms with E-state index in [2.05, 4.69) is 31.2 Å². The number of hydrogen-bond acceptors (Lipinski definition) is 12. The van der Waals surface area contributed by atoms with Crippen LogP contribution in [-0.4, -0.2) is 97.2 Å². The maximum atomic E-state index is 14.6. The number of rotatable bonds is 17. The molecule has 418 valence electrons. The number of carbonyl (C=O) groups is 5. The van der Waals surface area contributed by atoms with Gasteiger partial charge in [-0.3, -0.25) is 29.0 Å². The average Bonchev–Trinajstić information content (AvgIpc) is 4.44. The van der Waals surface area contributed by atoms with Gasteiger partial charge < -0.3 is 40.7 Å². The topological polar surface area (TPSA) is 219 Å². The molecular weight excluding hydrogens is 1070 g/mol. The first-order chi connectivity index (χ1) is 37.7. The minimum atomic E-state index is -1.03. The number of thiazole rings is 1. The molecule has 3 aliphatic rings. The van der Waals surface area contributed by atoms with Crippen molar-refractivity contribution in [3.05, 3.63) is 111 Å². The molecule has 0 radical (unpaired) electrons. The lowest BCUT2D eigenvalue weighted by Crippen LogP contribution is -2.58. The molecule has 1 unspecified atom stereocenters. The summed E-state index contributed by atoms with van der Waals surface area (Å²) in [5.41, 5.74) is 6.39. The second-order valence-electron chi connectivity index (χ2n) is 22.5. The van der Waals surface area contributed by atoms with Crippen molar-refractivity contribution < 1.29 is 38.6 Å². The number of aliphatic hydroxyl groups is 1. The lowest BCUT2D eigenvalue weighted by atomic mass is 9.81. The number of aromatic nitrogens is 4. The van der Waals surface area contributed by atoms with Gasteiger partial charge in [0.1, 0.15) is 29.6 Å². The number of benzene rings is 3. The van der Waals surface area contributed by atoms with Crippen LogP contribution in [0.3, 0.4) is 0 Å². The highest BCUT2D eigenvalue weighted by Gasteiger charge is 2.46. The number of pyridine rings is 1. The molecule has 9 rings (SSSR count). The Morgan fingerprint density at radius 2 is 1.66 bits per heavy atom. The Labute approximate surface area is 474 Å². The molecule has 6 atom stereocenters. The van der Waals surface area contributed by atoms with E-state index in [1.165, 1.54) is 24.2 Å². The number of aryl methyl sites for hydroxylation is 1. The van der Waals surface area contributed by atoms with Gasteiger partial charge in [-0.25, -0.2) is 9.67 Å². The monoisotopic (exact) mass is 1130 g/mol. The summed E-state index contributed by atoms with van der Waals surface area (Å²) >= 11 is 14.6. The molecule has 17 nitrogen and oxygen atoms in total. The number of aliphatic hydroxyl groups excluding tert-OH is 1. The van der Waals surface area contributed by atoms with Crippen LogP contribution in [0.1, 0.15) is 145 Å². The predicted molar refractivity (Wildman–Crippen MR) is 306 cm³/mol. The first-order valence-electron chi connectivity index (χ1n) is 27.1. The Bertz CT molecular complexity index is 3220. The van der Waals surface area contributed by atoms with Crippen LogP contribution in [0, 0.1) is 17.8 Å². The van der Waals surface area contributed by atoms with Crippen molar-refractivity contribution in [1.82, 2.24) is 40.6 Å². The zero-order valence-electron chi connectivity index (χ0n) is 45.7. The average molecular weight is 1140 g/mol. The van der Waals surface area contributed by atoms with Crippen LogP contribution in [-0.2, 0) is 23.9 Å². The number of hydrogen-bond donors (Lipinski definition) is 5. The molecule has 0 spiro atoms. The van der Waals surface area contributed by atoms with Crippen LogP contribution in [0.4, 0.5) is 5.69 Å². The van der Waals surface area contributed by atoms with Gasteiger partial charge in [-0.05, 0) is 105 Å². The fraction of sp³-hybridized carbons (Fsp3) is 0.458. The smallest absolute Gasteiger partial charge is 0.253 e. The van der Waals surface area contributed by atoms with Crippen molar-refractivity contribution in [1.29, 1.82) is 0 Å². The zero-order valence-corrected chi connectivity index (χ0v) is 48.0. The third-order valence-electron chi connectivity index (χ3n) is 15.4. The van der Waals surface area contributed by atoms with Crippen LogP contribution < -0.4 is 26.0 Å². The maximum absolute atomic E-state index is 14.6. The van der Waals surface area contributed by atoms with Crippen LogP contribution in [0.25, 0.3) is 32.6 Å². The van der Waals surface area contributed by atoms with Gasteiger partial charge in [0.15, 0.2) is 6.23 Å². The van der Waals surface area contributed by atoms with Crippen molar-refractivity contribution in [2.45, 2.75) is 143 Å². The molecule has 2 saturated heterocycles. The molecular formula is C59H69Cl2N9O8S. The largest absolute Gasteiger partial charge is 0.486 e. The number of amides is 5. The summed E-state index contributed by atoms with van der Waals surface area (Å²) in [6, 6.07) is 16.4. The first-order valence-corrected chi connectivity index (χ1v) is 28.7. The summed E-state index contributed by atoms with van der Waals surface area (Å²) < 4.78 is 14.5. The van der Waals surface area contributed by atoms with E-state index in [0.29, 0.717) is 52.1 Å². The van der Waals surface area contributed by atoms with Gasteiger partial charge >= 0.3 is 0 Å². The lowest BCUT2D eigenvalue weighted by Gasteiger charge is -2.36. The summed E-state index contributed by atoms with van der Waals surface area (Å²) in [5.74, 6) is -1.50. The minimum absolute atomic E-state index is 0.0313. The Morgan fingerprint density at radius 3 is 2.32 bits per heavy atom. The van der Waals surface area contributed by atoms with Crippen LogP contribution >= 0.6 is 34.5 Å². The molecule has 20 heteroatoms. The van der Waals surface area contributed by atoms with Gasteiger partial charge in [-0.1, -0.05) is 87.1 Å². The summed E-state index contributed by atoms with van der Waals surface area (Å²) in [6.45, 7) is 13.3. The number of nitrogens with one attached hydrogen (secondary N) is 4. The number of anilines is 1. The highest BCUT2D eigenvalue weighted by atomic mass is 35.5. The van der Waals surface area contributed by atoms with Crippen molar-refractivity contribution in [3.63, 3.8) is 0 Å². The van der Waals surface area contributed by atoms with Crippen molar-refractivity contribution in [2.75, 3.05) is 25.0 Å². The van der Waals surface area contributed by atoms with Crippen LogP contribution in [0.15, 0.2) is 78.6 Å². The standard InChI is InChI=1S/C59H69Cl2N9O8S/c1-33(37-13-15-38(16-14-37)53-34(2)64-32-79-53)65-56(75)48-25-40(72)30-69(48)57(76)54(58(5,6)7)67-49(73)27-59(21-9-10-22-59)31-63-55(74)42-19-17-39(24-46(42)66-36(4)71)52-43-26-41(78-35(3)51-44(60)28-62-29-45(51)61)18-20-47(43)70(68-52)50-12-8-11-23-77-50/h13-20,24,26,28-29,32-33,35,40,48,50,54,72H,8-12,21-23,25,27,30-31H2,1-7H3,(H,63,74)(H,65,75)(H,66,71)(H,67,73)/t33-,35+,40+,48-,50?,54+/m0/s1. The van der Waals surface area contributed by atoms with E-state index in [1.807, 2.05) is 94.2 Å². The van der Waals surface area contributed by atoms with Crippen molar-refractivity contribution in [2.24, 2.45) is 10.8 Å². The SMILES string of the molecule is CC(=O)Nc1cc(-c2nn(C3CCCCO3)c3ccc(O[C@H](C)c4c(Cl)cncc4Cl)cc23)ccc1C(=O)NCC1(CC(=O)N[C@H](C(=O)N2C[C@H](O)C[C@H]2C(=O)N[C@@H](C)c2ccc(-c3scnc3C)cc2)C(C)(C)C)CCCC1. The van der Waals surface area contributed by atoms with E-state index in [4.69, 9.17) is 37.8 Å². The molecule has 5 heterocycles. The van der Waals surface area contributed by atoms with Gasteiger partial charge in [0.05, 0.1) is 55.0 Å². The third kappa shape index (κ3) is 12.9. The second kappa shape index (κ2) is 24.1. The molecule has 2 aliphatic heterocycles. The Hall–Kier alpha value is -6.44. The summed E-state index contributed by atoms with van der Waals surface area (Å²) in [4.78, 5) is 80.9. The number of carbonyl (C=O) groups excluding carboxylic acids is 5. The fourth-order valence-corrected chi connectivity index (χ4v) is 12.8. The Balaban J connectivity index is 0.896. The Morgan fingerprint density at radius 1 is 0.937 bits per heavy atom. The molecule has 6 aromatic rings. The van der Waals surface area contributed by atoms with Crippen molar-refractivity contribution >= 4 is 80.7 Å². The van der Waals surface area contributed by atoms with E-state index in [-0.39, 0.29) is 61.3 Å². The lowest BCUT2D eigenvalue weighted by molar-refractivity contribution is -0.144. The highest BCUT2D eigenvalue weighted by Crippen LogP contribution is 2.42. The minimum Gasteiger partial charge on any atom is -0.486 e. The van der Waals surface area contributed by atoms with Gasteiger partial charge in [0.25, 0.3) is 5.91 Å². The van der Waals surface area contributed by atoms with Crippen LogP contribution in [0.5, 0.6) is 5.75 Å². The number of ether oxygens (including phenoxy) is 2. The summed E-state index contributed by atoms with van der Waals surface area (Å²) in [7, 11) is 0. The fourth-order valence-electron chi connectivity index (χ4n) is 11.3. The number of likely N-dealkylation sites (tertiary alicyclic amines) is 1. The molecule has 1 aliphatic carbocycles. The summed E-state index contributed by atoms with van der Waals surface area (Å²) in [6.07, 6.45) is 7.09. The maximum Gasteiger partial charge on any atom is 0.253 e. The molecule has 5 amide bonds. The van der Waals surface area contributed by atoms with Crippen LogP contribution in [0.2, 0.25) is 10.0 Å². The normalized spacial score (nSPS) is 19.4. The molecule has 1 saturated carbocycles. The van der Waals surface area contributed by atoms with Gasteiger partial charge in [0, 0.05) is 68.4 Å². The third-order valence-corrected chi connectivity index (χ3v) is 17.0. The second-order valence-corrected chi connectivity index (χ2v) is 24.1. The number of nitrogens with zero attached hydrogens (tertiary/aromatic N) is 5. The number of halogens is 2. The van der Waals surface area contributed by atoms with Gasteiger partial charge in [0.2, 0.25) is 23.6 Å². The predicted octanol–water partition coefficient (Wildman–Crippen LogP) is 10.7. The molecule has 3 fully saturated rings. The van der Waals surface area contributed by atoms with E-state index in [1.54, 1.807) is 29.5 Å². The van der Waals surface area contributed by atoms with Gasteiger partial charge in [-0.15, -0.1) is 11.3 Å². The number of fused-ring (bicyclic) bond motifs is 1. The Kier molecular flexibility index (Phi) is 17.5. The zero-order chi connectivity index (χ0) is 56.3. The van der Waals surface area contributed by atoms with E-state index in [0.717, 1.165) is 64.7 Å². The van der Waals surface area contributed by atoms with E-state index in [9.17, 15) is 29.1 Å². The molecule has 3 aromatic heterocycles. The molecule has 0 bridgehead atoms. The highest BCUT2D eigenvalue weighted by molar-refractivity contribution is 7.13. The van der Waals surface area contributed by atoms with E-state index < -0.39 is 52.8 Å². The first kappa shape index (κ1) is 57.3.